The van der Waals surface area contributed by atoms with E-state index in [0.29, 0.717) is 17.7 Å². The average Bonchev–Trinajstić information content (AvgIpc) is 3.17. The summed E-state index contributed by atoms with van der Waals surface area (Å²) in [5, 5.41) is 0. The molecule has 26 heavy (non-hydrogen) atoms. The van der Waals surface area contributed by atoms with Crippen molar-refractivity contribution in [1.29, 1.82) is 0 Å². The van der Waals surface area contributed by atoms with Gasteiger partial charge in [-0.3, -0.25) is 4.79 Å². The summed E-state index contributed by atoms with van der Waals surface area (Å²) in [6.45, 7) is 9.37. The zero-order chi connectivity index (χ0) is 18.3. The van der Waals surface area contributed by atoms with Gasteiger partial charge in [0.2, 0.25) is 11.9 Å². The number of hydrogen-bond acceptors (Lipinski definition) is 5. The molecule has 4 heterocycles. The topological polar surface area (TPSA) is 52.6 Å². The fourth-order valence-corrected chi connectivity index (χ4v) is 4.80. The molecular weight excluding hydrogens is 326 g/mol. The summed E-state index contributed by atoms with van der Waals surface area (Å²) in [4.78, 5) is 28.3. The third-order valence-corrected chi connectivity index (χ3v) is 6.73. The predicted molar refractivity (Wildman–Crippen MR) is 104 cm³/mol. The Morgan fingerprint density at radius 3 is 2.27 bits per heavy atom. The lowest BCUT2D eigenvalue weighted by Crippen LogP contribution is -2.50. The van der Waals surface area contributed by atoms with Crippen LogP contribution in [0.2, 0.25) is 0 Å². The van der Waals surface area contributed by atoms with Crippen molar-refractivity contribution in [1.82, 2.24) is 14.9 Å². The van der Waals surface area contributed by atoms with Crippen LogP contribution in [0.5, 0.6) is 0 Å². The van der Waals surface area contributed by atoms with E-state index in [1.165, 1.54) is 18.4 Å². The molecule has 1 amide bonds. The van der Waals surface area contributed by atoms with Crippen molar-refractivity contribution in [3.63, 3.8) is 0 Å². The summed E-state index contributed by atoms with van der Waals surface area (Å²) >= 11 is 0. The number of nitrogens with zero attached hydrogens (tertiary/aromatic N) is 5. The van der Waals surface area contributed by atoms with Gasteiger partial charge < -0.3 is 14.7 Å². The molecule has 0 aliphatic carbocycles. The first-order valence-electron chi connectivity index (χ1n) is 10.1. The number of aromatic nitrogens is 2. The standard InChI is InChI=1S/C20H31N5O/c1-15-16(2)21-19(25-10-4-5-11-25)22-18(15)24-12-8-20(9-13-24)7-6-17(26)23(3)14-20/h4-14H2,1-3H3. The van der Waals surface area contributed by atoms with E-state index in [2.05, 4.69) is 23.6 Å². The molecule has 6 heteroatoms. The van der Waals surface area contributed by atoms with Crippen LogP contribution in [0.3, 0.4) is 0 Å². The zero-order valence-electron chi connectivity index (χ0n) is 16.4. The number of amides is 1. The molecule has 0 radical (unpaired) electrons. The van der Waals surface area contributed by atoms with E-state index in [0.717, 1.165) is 69.4 Å². The molecule has 0 N–H and O–H groups in total. The van der Waals surface area contributed by atoms with Crippen molar-refractivity contribution >= 4 is 17.7 Å². The predicted octanol–water partition coefficient (Wildman–Crippen LogP) is 2.53. The van der Waals surface area contributed by atoms with Gasteiger partial charge >= 0.3 is 0 Å². The summed E-state index contributed by atoms with van der Waals surface area (Å²) in [5.74, 6) is 2.33. The Morgan fingerprint density at radius 2 is 1.62 bits per heavy atom. The molecule has 0 bridgehead atoms. The first-order chi connectivity index (χ1) is 12.5. The summed E-state index contributed by atoms with van der Waals surface area (Å²) < 4.78 is 0. The van der Waals surface area contributed by atoms with Gasteiger partial charge in [-0.25, -0.2) is 4.98 Å². The van der Waals surface area contributed by atoms with Gasteiger partial charge in [0.15, 0.2) is 0 Å². The van der Waals surface area contributed by atoms with Crippen LogP contribution in [0, 0.1) is 19.3 Å². The average molecular weight is 358 g/mol. The van der Waals surface area contributed by atoms with Gasteiger partial charge in [-0.1, -0.05) is 0 Å². The van der Waals surface area contributed by atoms with Crippen LogP contribution in [0.1, 0.15) is 49.8 Å². The SMILES string of the molecule is Cc1nc(N2CCCC2)nc(N2CCC3(CCC(=O)N(C)C3)CC2)c1C. The number of aryl methyl sites for hydroxylation is 1. The van der Waals surface area contributed by atoms with E-state index in [-0.39, 0.29) is 0 Å². The molecule has 1 aromatic heterocycles. The Labute approximate surface area is 156 Å². The Hall–Kier alpha value is -1.85. The molecule has 0 atom stereocenters. The maximum absolute atomic E-state index is 11.8. The molecule has 0 aromatic carbocycles. The molecule has 3 fully saturated rings. The second-order valence-electron chi connectivity index (χ2n) is 8.49. The summed E-state index contributed by atoms with van der Waals surface area (Å²) in [6, 6.07) is 0. The molecule has 142 valence electrons. The number of carbonyl (C=O) groups excluding carboxylic acids is 1. The Balaban J connectivity index is 1.51. The van der Waals surface area contributed by atoms with Gasteiger partial charge in [-0.15, -0.1) is 0 Å². The largest absolute Gasteiger partial charge is 0.356 e. The molecule has 3 saturated heterocycles. The Bertz CT molecular complexity index is 690. The first-order valence-corrected chi connectivity index (χ1v) is 10.1. The first kappa shape index (κ1) is 17.6. The van der Waals surface area contributed by atoms with Crippen LogP contribution >= 0.6 is 0 Å². The minimum Gasteiger partial charge on any atom is -0.356 e. The molecule has 0 saturated carbocycles. The lowest BCUT2D eigenvalue weighted by molar-refractivity contribution is -0.136. The van der Waals surface area contributed by atoms with E-state index < -0.39 is 0 Å². The van der Waals surface area contributed by atoms with Crippen molar-refractivity contribution in [2.24, 2.45) is 5.41 Å². The normalized spacial score (nSPS) is 23.2. The van der Waals surface area contributed by atoms with Crippen molar-refractivity contribution in [2.75, 3.05) is 49.6 Å². The molecular formula is C20H31N5O. The Morgan fingerprint density at radius 1 is 0.923 bits per heavy atom. The van der Waals surface area contributed by atoms with Crippen LogP contribution in [0.15, 0.2) is 0 Å². The number of anilines is 2. The second-order valence-corrected chi connectivity index (χ2v) is 8.49. The highest BCUT2D eigenvalue weighted by Crippen LogP contribution is 2.41. The number of hydrogen-bond donors (Lipinski definition) is 0. The Kier molecular flexibility index (Phi) is 4.53. The van der Waals surface area contributed by atoms with Gasteiger partial charge in [0.1, 0.15) is 5.82 Å². The van der Waals surface area contributed by atoms with Crippen LogP contribution < -0.4 is 9.80 Å². The van der Waals surface area contributed by atoms with Gasteiger partial charge in [0.05, 0.1) is 0 Å². The van der Waals surface area contributed by atoms with E-state index in [1.807, 2.05) is 11.9 Å². The molecule has 1 spiro atoms. The van der Waals surface area contributed by atoms with Gasteiger partial charge in [0.25, 0.3) is 0 Å². The fraction of sp³-hybridized carbons (Fsp3) is 0.750. The van der Waals surface area contributed by atoms with Gasteiger partial charge in [0, 0.05) is 57.4 Å². The second kappa shape index (κ2) is 6.71. The summed E-state index contributed by atoms with van der Waals surface area (Å²) in [7, 11) is 1.95. The van der Waals surface area contributed by atoms with Gasteiger partial charge in [-0.2, -0.15) is 4.98 Å². The van der Waals surface area contributed by atoms with Gasteiger partial charge in [-0.05, 0) is 51.4 Å². The zero-order valence-corrected chi connectivity index (χ0v) is 16.4. The highest BCUT2D eigenvalue weighted by Gasteiger charge is 2.40. The number of rotatable bonds is 2. The van der Waals surface area contributed by atoms with E-state index in [4.69, 9.17) is 9.97 Å². The maximum atomic E-state index is 11.8. The smallest absolute Gasteiger partial charge is 0.227 e. The van der Waals surface area contributed by atoms with Crippen molar-refractivity contribution in [2.45, 2.75) is 52.4 Å². The molecule has 3 aliphatic heterocycles. The van der Waals surface area contributed by atoms with Crippen LogP contribution in [-0.2, 0) is 4.79 Å². The lowest BCUT2D eigenvalue weighted by Gasteiger charge is -2.47. The van der Waals surface area contributed by atoms with Crippen molar-refractivity contribution < 1.29 is 4.79 Å². The highest BCUT2D eigenvalue weighted by molar-refractivity contribution is 5.76. The maximum Gasteiger partial charge on any atom is 0.227 e. The minimum atomic E-state index is 0.301. The van der Waals surface area contributed by atoms with E-state index in [9.17, 15) is 4.79 Å². The quantitative estimate of drug-likeness (QED) is 0.814. The molecule has 3 aliphatic rings. The highest BCUT2D eigenvalue weighted by atomic mass is 16.2. The number of carbonyl (C=O) groups is 1. The third kappa shape index (κ3) is 3.14. The van der Waals surface area contributed by atoms with E-state index >= 15 is 0 Å². The van der Waals surface area contributed by atoms with Crippen LogP contribution in [-0.4, -0.2) is 60.5 Å². The van der Waals surface area contributed by atoms with Crippen LogP contribution in [0.25, 0.3) is 0 Å². The molecule has 1 aromatic rings. The fourth-order valence-electron chi connectivity index (χ4n) is 4.80. The van der Waals surface area contributed by atoms with E-state index in [1.54, 1.807) is 0 Å². The molecule has 4 rings (SSSR count). The summed E-state index contributed by atoms with van der Waals surface area (Å²) in [6.07, 6.45) is 6.53. The molecule has 0 unspecified atom stereocenters. The minimum absolute atomic E-state index is 0.301. The third-order valence-electron chi connectivity index (χ3n) is 6.73. The number of piperidine rings is 2. The molecule has 6 nitrogen and oxygen atoms in total. The monoisotopic (exact) mass is 357 g/mol. The van der Waals surface area contributed by atoms with Crippen molar-refractivity contribution in [3.05, 3.63) is 11.3 Å². The number of likely N-dealkylation sites (tertiary alicyclic amines) is 1. The summed E-state index contributed by atoms with van der Waals surface area (Å²) in [5.41, 5.74) is 2.62. The van der Waals surface area contributed by atoms with Crippen LogP contribution in [0.4, 0.5) is 11.8 Å². The lowest BCUT2D eigenvalue weighted by atomic mass is 9.72. The van der Waals surface area contributed by atoms with Crippen molar-refractivity contribution in [3.8, 4) is 0 Å².